The molecule has 0 aliphatic heterocycles. The van der Waals surface area contributed by atoms with E-state index in [9.17, 15) is 15.0 Å². The number of rotatable bonds is 3. The van der Waals surface area contributed by atoms with Gasteiger partial charge in [0.05, 0.1) is 0 Å². The molecule has 0 spiro atoms. The van der Waals surface area contributed by atoms with Crippen LogP contribution in [0.3, 0.4) is 0 Å². The minimum Gasteiger partial charge on any atom is -0.508 e. The Morgan fingerprint density at radius 1 is 0.828 bits per heavy atom. The van der Waals surface area contributed by atoms with Crippen LogP contribution >= 0.6 is 0 Å². The summed E-state index contributed by atoms with van der Waals surface area (Å²) in [7, 11) is 0. The Morgan fingerprint density at radius 2 is 1.31 bits per heavy atom. The van der Waals surface area contributed by atoms with Crippen LogP contribution in [0.15, 0.2) is 84.5 Å². The predicted octanol–water partition coefficient (Wildman–Crippen LogP) is 5.62. The van der Waals surface area contributed by atoms with E-state index in [1.807, 2.05) is 0 Å². The van der Waals surface area contributed by atoms with Crippen LogP contribution in [-0.2, 0) is 4.79 Å². The summed E-state index contributed by atoms with van der Waals surface area (Å²) in [5.74, 6) is 0.199. The molecule has 148 valence electrons. The highest BCUT2D eigenvalue weighted by Crippen LogP contribution is 2.53. The first kappa shape index (κ1) is 19.1. The molecule has 4 rings (SSSR count). The van der Waals surface area contributed by atoms with Gasteiger partial charge in [0.1, 0.15) is 11.5 Å². The molecule has 0 heterocycles. The van der Waals surface area contributed by atoms with Crippen molar-refractivity contribution in [2.24, 2.45) is 10.8 Å². The lowest BCUT2D eigenvalue weighted by Gasteiger charge is -2.47. The highest BCUT2D eigenvalue weighted by atomic mass is 16.3. The normalized spacial score (nSPS) is 25.2. The Labute approximate surface area is 171 Å². The molecular weight excluding hydrogens is 362 g/mol. The molecule has 0 radical (unpaired) electrons. The smallest absolute Gasteiger partial charge is 0.258 e. The van der Waals surface area contributed by atoms with Gasteiger partial charge in [-0.25, -0.2) is 0 Å². The molecule has 2 N–H and O–H groups in total. The van der Waals surface area contributed by atoms with Gasteiger partial charge < -0.3 is 10.2 Å². The number of hydrogen-bond donors (Lipinski definition) is 2. The third-order valence-electron chi connectivity index (χ3n) is 6.37. The van der Waals surface area contributed by atoms with Crippen LogP contribution in [0.2, 0.25) is 0 Å². The maximum absolute atomic E-state index is 13.7. The first-order valence-corrected chi connectivity index (χ1v) is 9.80. The third-order valence-corrected chi connectivity index (χ3v) is 6.37. The number of amides is 1. The first-order chi connectivity index (χ1) is 13.8. The minimum atomic E-state index is -0.128. The van der Waals surface area contributed by atoms with Gasteiger partial charge in [-0.05, 0) is 72.2 Å². The van der Waals surface area contributed by atoms with Crippen LogP contribution in [0.5, 0.6) is 11.5 Å². The second-order valence-corrected chi connectivity index (χ2v) is 8.34. The molecule has 2 aliphatic carbocycles. The van der Waals surface area contributed by atoms with Gasteiger partial charge in [0.25, 0.3) is 5.91 Å². The summed E-state index contributed by atoms with van der Waals surface area (Å²) in [6.07, 6.45) is 12.1. The van der Waals surface area contributed by atoms with E-state index in [0.717, 1.165) is 12.0 Å². The van der Waals surface area contributed by atoms with Crippen molar-refractivity contribution < 1.29 is 15.0 Å². The maximum atomic E-state index is 13.7. The molecule has 2 aliphatic rings. The Balaban J connectivity index is 1.74. The standard InChI is InChI=1S/C25H25NO3/c1-24-14-3-4-15-25(24,2)17-18(13-16-24)23(29)26(19-5-9-21(27)10-6-19)20-7-11-22(28)12-8-20/h3-15,27-28H,16-17H2,1-2H3. The number of hydrogen-bond acceptors (Lipinski definition) is 3. The minimum absolute atomic E-state index is 0.00651. The second kappa shape index (κ2) is 6.96. The molecule has 1 amide bonds. The molecule has 29 heavy (non-hydrogen) atoms. The number of allylic oxidation sites excluding steroid dienone is 5. The fourth-order valence-electron chi connectivity index (χ4n) is 4.18. The van der Waals surface area contributed by atoms with Crippen LogP contribution in [0.1, 0.15) is 26.7 Å². The second-order valence-electron chi connectivity index (χ2n) is 8.34. The number of phenolic OH excluding ortho intramolecular Hbond substituents is 2. The van der Waals surface area contributed by atoms with E-state index >= 15 is 0 Å². The number of benzene rings is 2. The Bertz CT molecular complexity index is 972. The maximum Gasteiger partial charge on any atom is 0.258 e. The third kappa shape index (κ3) is 3.35. The van der Waals surface area contributed by atoms with Crippen molar-refractivity contribution in [1.29, 1.82) is 0 Å². The molecule has 4 heteroatoms. The Morgan fingerprint density at radius 3 is 1.83 bits per heavy atom. The Kier molecular flexibility index (Phi) is 4.58. The quantitative estimate of drug-likeness (QED) is 0.718. The van der Waals surface area contributed by atoms with E-state index in [1.165, 1.54) is 0 Å². The highest BCUT2D eigenvalue weighted by molar-refractivity contribution is 6.10. The molecule has 0 saturated heterocycles. The van der Waals surface area contributed by atoms with Gasteiger partial charge in [-0.1, -0.05) is 44.2 Å². The number of carbonyl (C=O) groups excluding carboxylic acids is 1. The summed E-state index contributed by atoms with van der Waals surface area (Å²) in [6.45, 7) is 4.45. The number of fused-ring (bicyclic) bond motifs is 1. The molecule has 0 bridgehead atoms. The predicted molar refractivity (Wildman–Crippen MR) is 115 cm³/mol. The molecule has 0 aromatic heterocycles. The van der Waals surface area contributed by atoms with Gasteiger partial charge in [-0.15, -0.1) is 0 Å². The number of nitrogens with zero attached hydrogens (tertiary/aromatic N) is 1. The van der Waals surface area contributed by atoms with Crippen molar-refractivity contribution in [3.8, 4) is 11.5 Å². The Hall–Kier alpha value is -3.27. The first-order valence-electron chi connectivity index (χ1n) is 9.80. The van der Waals surface area contributed by atoms with Gasteiger partial charge in [0.15, 0.2) is 0 Å². The molecule has 0 saturated carbocycles. The van der Waals surface area contributed by atoms with Crippen molar-refractivity contribution in [3.63, 3.8) is 0 Å². The van der Waals surface area contributed by atoms with Gasteiger partial charge in [0.2, 0.25) is 0 Å². The van der Waals surface area contributed by atoms with E-state index in [0.29, 0.717) is 17.8 Å². The largest absolute Gasteiger partial charge is 0.508 e. The van der Waals surface area contributed by atoms with Crippen LogP contribution in [0.4, 0.5) is 11.4 Å². The summed E-state index contributed by atoms with van der Waals surface area (Å²) >= 11 is 0. The molecule has 4 nitrogen and oxygen atoms in total. The lowest BCUT2D eigenvalue weighted by molar-refractivity contribution is -0.115. The van der Waals surface area contributed by atoms with Gasteiger partial charge in [-0.2, -0.15) is 0 Å². The van der Waals surface area contributed by atoms with Gasteiger partial charge in [0, 0.05) is 16.9 Å². The number of phenols is 2. The average molecular weight is 387 g/mol. The highest BCUT2D eigenvalue weighted by Gasteiger charge is 2.45. The molecular formula is C25H25NO3. The molecule has 2 unspecified atom stereocenters. The summed E-state index contributed by atoms with van der Waals surface area (Å²) in [4.78, 5) is 15.3. The van der Waals surface area contributed by atoms with Gasteiger partial charge in [-0.3, -0.25) is 9.69 Å². The van der Waals surface area contributed by atoms with E-state index < -0.39 is 0 Å². The summed E-state index contributed by atoms with van der Waals surface area (Å²) in [5.41, 5.74) is 1.96. The van der Waals surface area contributed by atoms with E-state index in [2.05, 4.69) is 44.2 Å². The fraction of sp³-hybridized carbons (Fsp3) is 0.240. The monoisotopic (exact) mass is 387 g/mol. The zero-order valence-electron chi connectivity index (χ0n) is 16.7. The van der Waals surface area contributed by atoms with Crippen molar-refractivity contribution >= 4 is 17.3 Å². The molecule has 2 aromatic carbocycles. The topological polar surface area (TPSA) is 60.8 Å². The fourth-order valence-corrected chi connectivity index (χ4v) is 4.18. The number of carbonyl (C=O) groups is 1. The van der Waals surface area contributed by atoms with E-state index in [4.69, 9.17) is 0 Å². The lowest BCUT2D eigenvalue weighted by atomic mass is 9.56. The van der Waals surface area contributed by atoms with Crippen molar-refractivity contribution in [2.75, 3.05) is 4.90 Å². The van der Waals surface area contributed by atoms with Gasteiger partial charge >= 0.3 is 0 Å². The van der Waals surface area contributed by atoms with Crippen molar-refractivity contribution in [2.45, 2.75) is 26.7 Å². The summed E-state index contributed by atoms with van der Waals surface area (Å²) < 4.78 is 0. The number of aromatic hydroxyl groups is 2. The molecule has 2 aromatic rings. The van der Waals surface area contributed by atoms with Crippen LogP contribution in [-0.4, -0.2) is 16.1 Å². The summed E-state index contributed by atoms with van der Waals surface area (Å²) in [5, 5.41) is 19.3. The lowest BCUT2D eigenvalue weighted by Crippen LogP contribution is -2.41. The van der Waals surface area contributed by atoms with Crippen molar-refractivity contribution in [3.05, 3.63) is 84.5 Å². The SMILES string of the molecule is CC12C=CC=CC1(C)CC(C(=O)N(c1ccc(O)cc1)c1ccc(O)cc1)=CC2. The zero-order chi connectivity index (χ0) is 20.6. The molecule has 0 fully saturated rings. The average Bonchev–Trinajstić information content (AvgIpc) is 2.71. The van der Waals surface area contributed by atoms with Crippen LogP contribution in [0.25, 0.3) is 0 Å². The van der Waals surface area contributed by atoms with E-state index in [-0.39, 0.29) is 28.2 Å². The van der Waals surface area contributed by atoms with Crippen LogP contribution < -0.4 is 4.90 Å². The molecule has 2 atom stereocenters. The zero-order valence-corrected chi connectivity index (χ0v) is 16.7. The number of anilines is 2. The van der Waals surface area contributed by atoms with Crippen molar-refractivity contribution in [1.82, 2.24) is 0 Å². The van der Waals surface area contributed by atoms with E-state index in [1.54, 1.807) is 53.4 Å². The summed E-state index contributed by atoms with van der Waals surface area (Å²) in [6, 6.07) is 13.2. The van der Waals surface area contributed by atoms with Crippen LogP contribution in [0, 0.1) is 10.8 Å².